The Kier molecular flexibility index (Phi) is 16.9. The van der Waals surface area contributed by atoms with Gasteiger partial charge in [-0.3, -0.25) is 9.78 Å². The fraction of sp³-hybridized carbons (Fsp3) is 0.767. The summed E-state index contributed by atoms with van der Waals surface area (Å²) >= 11 is 0. The second kappa shape index (κ2) is 20.0. The summed E-state index contributed by atoms with van der Waals surface area (Å²) < 4.78 is 16.9. The van der Waals surface area contributed by atoms with Gasteiger partial charge in [0, 0.05) is 13.1 Å². The number of hydrogen-bond donors (Lipinski definition) is 0. The fourth-order valence-electron chi connectivity index (χ4n) is 4.63. The van der Waals surface area contributed by atoms with Crippen LogP contribution in [0.25, 0.3) is 0 Å². The molecular formula is C30H50N2O5. The fourth-order valence-corrected chi connectivity index (χ4v) is 4.63. The lowest BCUT2D eigenvalue weighted by Gasteiger charge is -2.19. The number of nitrogens with zero attached hydrogens (tertiary/aromatic N) is 2. The molecule has 2 rings (SSSR count). The van der Waals surface area contributed by atoms with Crippen LogP contribution in [0.15, 0.2) is 24.4 Å². The molecule has 0 N–H and O–H groups in total. The van der Waals surface area contributed by atoms with Crippen LogP contribution in [0.5, 0.6) is 0 Å². The summed E-state index contributed by atoms with van der Waals surface area (Å²) in [6.45, 7) is 4.17. The van der Waals surface area contributed by atoms with Crippen molar-refractivity contribution in [3.63, 3.8) is 0 Å². The largest absolute Gasteiger partial charge is 0.446 e. The van der Waals surface area contributed by atoms with Crippen molar-refractivity contribution in [3.8, 4) is 0 Å². The highest BCUT2D eigenvalue weighted by Crippen LogP contribution is 2.19. The Morgan fingerprint density at radius 1 is 0.919 bits per heavy atom. The Morgan fingerprint density at radius 3 is 2.05 bits per heavy atom. The van der Waals surface area contributed by atoms with Crippen molar-refractivity contribution < 1.29 is 23.8 Å². The third-order valence-corrected chi connectivity index (χ3v) is 6.90. The normalized spacial score (nSPS) is 17.1. The van der Waals surface area contributed by atoms with Crippen molar-refractivity contribution in [3.05, 3.63) is 30.1 Å². The second-order valence-electron chi connectivity index (χ2n) is 10.3. The highest BCUT2D eigenvalue weighted by molar-refractivity contribution is 5.90. The predicted octanol–water partition coefficient (Wildman–Crippen LogP) is 7.57. The van der Waals surface area contributed by atoms with E-state index in [1.54, 1.807) is 18.3 Å². The maximum atomic E-state index is 12.4. The van der Waals surface area contributed by atoms with Gasteiger partial charge in [0.25, 0.3) is 0 Å². The van der Waals surface area contributed by atoms with Crippen molar-refractivity contribution in [1.82, 2.24) is 9.88 Å². The summed E-state index contributed by atoms with van der Waals surface area (Å²) in [6, 6.07) is 5.36. The minimum atomic E-state index is -0.687. The van der Waals surface area contributed by atoms with Crippen molar-refractivity contribution >= 4 is 12.0 Å². The summed E-state index contributed by atoms with van der Waals surface area (Å²) in [5.41, 5.74) is 0.624. The molecule has 1 saturated heterocycles. The molecule has 0 radical (unpaired) electrons. The Balaban J connectivity index is 1.43. The molecule has 0 spiro atoms. The molecule has 1 aliphatic rings. The molecule has 0 aliphatic carbocycles. The summed E-state index contributed by atoms with van der Waals surface area (Å²) in [4.78, 5) is 29.5. The molecule has 1 fully saturated rings. The lowest BCUT2D eigenvalue weighted by atomic mass is 10.0. The van der Waals surface area contributed by atoms with Gasteiger partial charge in [-0.15, -0.1) is 0 Å². The first-order chi connectivity index (χ1) is 18.1. The number of rotatable bonds is 20. The van der Waals surface area contributed by atoms with E-state index in [-0.39, 0.29) is 31.5 Å². The zero-order valence-electron chi connectivity index (χ0n) is 23.3. The number of hydrogen-bond acceptors (Lipinski definition) is 6. The van der Waals surface area contributed by atoms with Gasteiger partial charge in [-0.1, -0.05) is 103 Å². The van der Waals surface area contributed by atoms with Crippen LogP contribution in [0.3, 0.4) is 0 Å². The first-order valence-corrected chi connectivity index (χ1v) is 14.7. The second-order valence-corrected chi connectivity index (χ2v) is 10.3. The van der Waals surface area contributed by atoms with Gasteiger partial charge in [0.1, 0.15) is 12.7 Å². The quantitative estimate of drug-likeness (QED) is 0.166. The molecule has 0 saturated carbocycles. The molecule has 1 aromatic rings. The maximum Gasteiger partial charge on any atom is 0.416 e. The topological polar surface area (TPSA) is 78.0 Å². The van der Waals surface area contributed by atoms with Crippen molar-refractivity contribution in [2.24, 2.45) is 0 Å². The number of ether oxygens (including phenoxy) is 3. The summed E-state index contributed by atoms with van der Waals surface area (Å²) in [6.07, 6.45) is 21.4. The highest BCUT2D eigenvalue weighted by Gasteiger charge is 2.28. The van der Waals surface area contributed by atoms with Gasteiger partial charge in [0.15, 0.2) is 6.29 Å². The standard InChI is InChI=1S/C30H50N2O5/c1-3-4-5-6-7-8-9-10-11-12-13-14-15-16-17-21-29-35-24-28(37-29)25-36-30(34)32(26(2)33)23-27-20-18-19-22-31-27/h18-20,22,28-29H,3-17,21,23-25H2,1-2H3. The molecule has 0 bridgehead atoms. The van der Waals surface area contributed by atoms with E-state index in [2.05, 4.69) is 11.9 Å². The average molecular weight is 519 g/mol. The maximum absolute atomic E-state index is 12.4. The van der Waals surface area contributed by atoms with Crippen molar-refractivity contribution in [2.75, 3.05) is 13.2 Å². The number of unbranched alkanes of at least 4 members (excludes halogenated alkanes) is 14. The summed E-state index contributed by atoms with van der Waals surface area (Å²) in [5.74, 6) is -0.384. The molecule has 37 heavy (non-hydrogen) atoms. The Morgan fingerprint density at radius 2 is 1.51 bits per heavy atom. The number of aromatic nitrogens is 1. The Bertz CT molecular complexity index is 730. The SMILES string of the molecule is CCCCCCCCCCCCCCCCCC1OCC(COC(=O)N(Cc2ccccn2)C(C)=O)O1. The van der Waals surface area contributed by atoms with Gasteiger partial charge in [-0.25, -0.2) is 9.69 Å². The number of carbonyl (C=O) groups excluding carboxylic acids is 2. The van der Waals surface area contributed by atoms with E-state index >= 15 is 0 Å². The van der Waals surface area contributed by atoms with Crippen LogP contribution < -0.4 is 0 Å². The van der Waals surface area contributed by atoms with Gasteiger partial charge >= 0.3 is 6.09 Å². The van der Waals surface area contributed by atoms with Gasteiger partial charge in [0.05, 0.1) is 18.8 Å². The van der Waals surface area contributed by atoms with Gasteiger partial charge in [0.2, 0.25) is 5.91 Å². The summed E-state index contributed by atoms with van der Waals surface area (Å²) in [5, 5.41) is 0. The number of carbonyl (C=O) groups is 2. The highest BCUT2D eigenvalue weighted by atomic mass is 16.7. The molecule has 2 atom stereocenters. The van der Waals surface area contributed by atoms with E-state index in [1.807, 2.05) is 6.07 Å². The van der Waals surface area contributed by atoms with Gasteiger partial charge in [-0.2, -0.15) is 0 Å². The molecule has 2 unspecified atom stereocenters. The molecule has 2 heterocycles. The first-order valence-electron chi connectivity index (χ1n) is 14.7. The smallest absolute Gasteiger partial charge is 0.416 e. The van der Waals surface area contributed by atoms with E-state index in [9.17, 15) is 9.59 Å². The average Bonchev–Trinajstić information content (AvgIpc) is 3.36. The predicted molar refractivity (Wildman–Crippen MR) is 146 cm³/mol. The molecule has 7 heteroatoms. The Hall–Kier alpha value is -1.99. The van der Waals surface area contributed by atoms with Crippen LogP contribution in [0.4, 0.5) is 4.79 Å². The van der Waals surface area contributed by atoms with Crippen LogP contribution in [-0.2, 0) is 25.5 Å². The summed E-state index contributed by atoms with van der Waals surface area (Å²) in [7, 11) is 0. The lowest BCUT2D eigenvalue weighted by Crippen LogP contribution is -2.37. The van der Waals surface area contributed by atoms with Gasteiger partial charge in [-0.05, 0) is 25.0 Å². The minimum absolute atomic E-state index is 0.0696. The zero-order chi connectivity index (χ0) is 26.6. The van der Waals surface area contributed by atoms with Crippen LogP contribution in [-0.4, -0.2) is 47.5 Å². The van der Waals surface area contributed by atoms with E-state index in [1.165, 1.54) is 96.8 Å². The van der Waals surface area contributed by atoms with E-state index in [0.29, 0.717) is 12.3 Å². The molecular weight excluding hydrogens is 468 g/mol. The monoisotopic (exact) mass is 518 g/mol. The molecule has 1 aromatic heterocycles. The molecule has 210 valence electrons. The third kappa shape index (κ3) is 14.5. The van der Waals surface area contributed by atoms with Crippen LogP contribution in [0.2, 0.25) is 0 Å². The number of pyridine rings is 1. The lowest BCUT2D eigenvalue weighted by molar-refractivity contribution is -0.128. The molecule has 7 nitrogen and oxygen atoms in total. The van der Waals surface area contributed by atoms with Crippen molar-refractivity contribution in [2.45, 2.75) is 136 Å². The molecule has 1 aliphatic heterocycles. The van der Waals surface area contributed by atoms with Crippen LogP contribution in [0, 0.1) is 0 Å². The third-order valence-electron chi connectivity index (χ3n) is 6.90. The Labute approximate surface area is 224 Å². The molecule has 2 amide bonds. The van der Waals surface area contributed by atoms with E-state index < -0.39 is 6.09 Å². The first kappa shape index (κ1) is 31.2. The van der Waals surface area contributed by atoms with Crippen LogP contribution in [0.1, 0.15) is 122 Å². The zero-order valence-corrected chi connectivity index (χ0v) is 23.3. The van der Waals surface area contributed by atoms with E-state index in [0.717, 1.165) is 17.7 Å². The number of imide groups is 1. The minimum Gasteiger partial charge on any atom is -0.446 e. The van der Waals surface area contributed by atoms with E-state index in [4.69, 9.17) is 14.2 Å². The number of amides is 2. The van der Waals surface area contributed by atoms with Gasteiger partial charge < -0.3 is 14.2 Å². The van der Waals surface area contributed by atoms with Crippen LogP contribution >= 0.6 is 0 Å². The van der Waals surface area contributed by atoms with Crippen molar-refractivity contribution in [1.29, 1.82) is 0 Å². The molecule has 0 aromatic carbocycles.